The van der Waals surface area contributed by atoms with Gasteiger partial charge in [-0.05, 0) is 30.4 Å². The van der Waals surface area contributed by atoms with Crippen LogP contribution in [0.2, 0.25) is 0 Å². The minimum Gasteiger partial charge on any atom is -0.343 e. The molecule has 1 unspecified atom stereocenters. The molecule has 0 aliphatic carbocycles. The van der Waals surface area contributed by atoms with Gasteiger partial charge in [0.15, 0.2) is 5.69 Å². The van der Waals surface area contributed by atoms with Crippen molar-refractivity contribution in [3.05, 3.63) is 62.7 Å². The Hall–Kier alpha value is -2.47. The van der Waals surface area contributed by atoms with Crippen molar-refractivity contribution < 1.29 is 4.79 Å². The third-order valence-electron chi connectivity index (χ3n) is 3.94. The van der Waals surface area contributed by atoms with Crippen LogP contribution in [0.25, 0.3) is 10.8 Å². The second-order valence-corrected chi connectivity index (χ2v) is 7.47. The Kier molecular flexibility index (Phi) is 4.99. The number of aromatic nitrogens is 2. The number of fused-ring (bicyclic) bond motifs is 1. The molecule has 0 saturated heterocycles. The highest BCUT2D eigenvalue weighted by Gasteiger charge is 2.19. The molecule has 5 nitrogen and oxygen atoms in total. The molecule has 0 fully saturated rings. The zero-order valence-corrected chi connectivity index (χ0v) is 15.3. The van der Waals surface area contributed by atoms with Crippen LogP contribution in [0.5, 0.6) is 0 Å². The van der Waals surface area contributed by atoms with Gasteiger partial charge in [0, 0.05) is 16.8 Å². The highest BCUT2D eigenvalue weighted by molar-refractivity contribution is 7.10. The summed E-state index contributed by atoms with van der Waals surface area (Å²) in [6, 6.07) is 11.0. The molecule has 0 radical (unpaired) electrons. The van der Waals surface area contributed by atoms with Crippen LogP contribution in [0.3, 0.4) is 0 Å². The number of rotatable bonds is 5. The molecule has 0 spiro atoms. The van der Waals surface area contributed by atoms with E-state index >= 15 is 0 Å². The van der Waals surface area contributed by atoms with E-state index < -0.39 is 0 Å². The van der Waals surface area contributed by atoms with E-state index in [1.165, 1.54) is 4.68 Å². The van der Waals surface area contributed by atoms with E-state index in [0.29, 0.717) is 23.0 Å². The van der Waals surface area contributed by atoms with Crippen molar-refractivity contribution in [2.75, 3.05) is 0 Å². The van der Waals surface area contributed by atoms with Crippen LogP contribution < -0.4 is 10.9 Å². The summed E-state index contributed by atoms with van der Waals surface area (Å²) in [6.07, 6.45) is 0. The van der Waals surface area contributed by atoms with Crippen LogP contribution in [-0.4, -0.2) is 15.7 Å². The minimum atomic E-state index is -0.269. The van der Waals surface area contributed by atoms with E-state index in [2.05, 4.69) is 10.4 Å². The Morgan fingerprint density at radius 1 is 1.16 bits per heavy atom. The number of nitrogens with one attached hydrogen (secondary N) is 1. The quantitative estimate of drug-likeness (QED) is 0.760. The summed E-state index contributed by atoms with van der Waals surface area (Å²) in [5.41, 5.74) is 0.131. The van der Waals surface area contributed by atoms with Gasteiger partial charge in [0.05, 0.1) is 11.4 Å². The summed E-state index contributed by atoms with van der Waals surface area (Å²) in [7, 11) is 0. The highest BCUT2D eigenvalue weighted by atomic mass is 32.1. The van der Waals surface area contributed by atoms with Gasteiger partial charge in [-0.1, -0.05) is 38.1 Å². The SMILES string of the molecule is CC(C)Cn1nc(C(=O)NC(C)c2cccs2)c2ccccc2c1=O. The standard InChI is InChI=1S/C19H21N3O2S/c1-12(2)11-22-19(24)15-8-5-4-7-14(15)17(21-22)18(23)20-13(3)16-9-6-10-25-16/h4-10,12-13H,11H2,1-3H3,(H,20,23). The summed E-state index contributed by atoms with van der Waals surface area (Å²) in [4.78, 5) is 26.5. The van der Waals surface area contributed by atoms with E-state index in [1.54, 1.807) is 29.5 Å². The van der Waals surface area contributed by atoms with E-state index in [1.807, 2.05) is 44.4 Å². The number of amides is 1. The molecule has 3 aromatic rings. The lowest BCUT2D eigenvalue weighted by atomic mass is 10.1. The average Bonchev–Trinajstić information content (AvgIpc) is 3.11. The first-order chi connectivity index (χ1) is 12.0. The van der Waals surface area contributed by atoms with Crippen molar-refractivity contribution in [1.82, 2.24) is 15.1 Å². The fraction of sp³-hybridized carbons (Fsp3) is 0.316. The molecule has 0 aliphatic rings. The molecular formula is C19H21N3O2S. The van der Waals surface area contributed by atoms with Crippen LogP contribution in [-0.2, 0) is 6.54 Å². The predicted molar refractivity (Wildman–Crippen MR) is 101 cm³/mol. The zero-order chi connectivity index (χ0) is 18.0. The Morgan fingerprint density at radius 2 is 1.88 bits per heavy atom. The smallest absolute Gasteiger partial charge is 0.274 e. The first-order valence-electron chi connectivity index (χ1n) is 8.31. The van der Waals surface area contributed by atoms with E-state index in [0.717, 1.165) is 4.88 Å². The topological polar surface area (TPSA) is 64.0 Å². The molecule has 1 aromatic carbocycles. The highest BCUT2D eigenvalue weighted by Crippen LogP contribution is 2.20. The van der Waals surface area contributed by atoms with E-state index in [-0.39, 0.29) is 23.4 Å². The third kappa shape index (κ3) is 3.64. The van der Waals surface area contributed by atoms with Gasteiger partial charge in [-0.3, -0.25) is 9.59 Å². The fourth-order valence-corrected chi connectivity index (χ4v) is 3.48. The summed E-state index contributed by atoms with van der Waals surface area (Å²) >= 11 is 1.60. The Labute approximate surface area is 150 Å². The largest absolute Gasteiger partial charge is 0.343 e. The van der Waals surface area contributed by atoms with Crippen LogP contribution in [0.4, 0.5) is 0 Å². The summed E-state index contributed by atoms with van der Waals surface area (Å²) in [6.45, 7) is 6.45. The van der Waals surface area contributed by atoms with Crippen LogP contribution >= 0.6 is 11.3 Å². The van der Waals surface area contributed by atoms with Gasteiger partial charge in [0.2, 0.25) is 0 Å². The van der Waals surface area contributed by atoms with Gasteiger partial charge in [-0.15, -0.1) is 11.3 Å². The number of nitrogens with zero attached hydrogens (tertiary/aromatic N) is 2. The molecule has 1 atom stereocenters. The number of hydrogen-bond donors (Lipinski definition) is 1. The monoisotopic (exact) mass is 355 g/mol. The van der Waals surface area contributed by atoms with Crippen molar-refractivity contribution in [3.63, 3.8) is 0 Å². The lowest BCUT2D eigenvalue weighted by Gasteiger charge is -2.15. The van der Waals surface area contributed by atoms with Crippen molar-refractivity contribution in [1.29, 1.82) is 0 Å². The van der Waals surface area contributed by atoms with Gasteiger partial charge in [0.25, 0.3) is 11.5 Å². The fourth-order valence-electron chi connectivity index (χ4n) is 2.75. The molecule has 0 bridgehead atoms. The first kappa shape index (κ1) is 17.4. The second kappa shape index (κ2) is 7.19. The number of hydrogen-bond acceptors (Lipinski definition) is 4. The van der Waals surface area contributed by atoms with Gasteiger partial charge in [-0.2, -0.15) is 5.10 Å². The van der Waals surface area contributed by atoms with Crippen LogP contribution in [0.1, 0.15) is 42.2 Å². The molecular weight excluding hydrogens is 334 g/mol. The molecule has 1 N–H and O–H groups in total. The van der Waals surface area contributed by atoms with Crippen LogP contribution in [0, 0.1) is 5.92 Å². The number of thiophene rings is 1. The zero-order valence-electron chi connectivity index (χ0n) is 14.5. The third-order valence-corrected chi connectivity index (χ3v) is 4.99. The number of carbonyl (C=O) groups excluding carboxylic acids is 1. The Morgan fingerprint density at radius 3 is 2.52 bits per heavy atom. The molecule has 1 amide bonds. The molecule has 0 aliphatic heterocycles. The van der Waals surface area contributed by atoms with Crippen LogP contribution in [0.15, 0.2) is 46.6 Å². The molecule has 0 saturated carbocycles. The summed E-state index contributed by atoms with van der Waals surface area (Å²) in [5.74, 6) is -0.0121. The normalized spacial score (nSPS) is 12.5. The van der Waals surface area contributed by atoms with Crippen molar-refractivity contribution in [3.8, 4) is 0 Å². The second-order valence-electron chi connectivity index (χ2n) is 6.49. The maximum atomic E-state index is 12.8. The molecule has 3 rings (SSSR count). The van der Waals surface area contributed by atoms with Gasteiger partial charge in [-0.25, -0.2) is 4.68 Å². The first-order valence-corrected chi connectivity index (χ1v) is 9.19. The lowest BCUT2D eigenvalue weighted by Crippen LogP contribution is -2.32. The van der Waals surface area contributed by atoms with Crippen molar-refractivity contribution >= 4 is 28.0 Å². The number of benzene rings is 1. The maximum Gasteiger partial charge on any atom is 0.274 e. The maximum absolute atomic E-state index is 12.8. The number of carbonyl (C=O) groups is 1. The molecule has 2 aromatic heterocycles. The molecule has 6 heteroatoms. The molecule has 2 heterocycles. The van der Waals surface area contributed by atoms with Gasteiger partial charge < -0.3 is 5.32 Å². The summed E-state index contributed by atoms with van der Waals surface area (Å²) in [5, 5.41) is 10.4. The summed E-state index contributed by atoms with van der Waals surface area (Å²) < 4.78 is 1.40. The Bertz CT molecular complexity index is 945. The van der Waals surface area contributed by atoms with E-state index in [4.69, 9.17) is 0 Å². The van der Waals surface area contributed by atoms with Crippen molar-refractivity contribution in [2.24, 2.45) is 5.92 Å². The van der Waals surface area contributed by atoms with E-state index in [9.17, 15) is 9.59 Å². The van der Waals surface area contributed by atoms with Gasteiger partial charge >= 0.3 is 0 Å². The average molecular weight is 355 g/mol. The predicted octanol–water partition coefficient (Wildman–Crippen LogP) is 3.61. The molecule has 25 heavy (non-hydrogen) atoms. The Balaban J connectivity index is 2.03. The minimum absolute atomic E-state index is 0.112. The van der Waals surface area contributed by atoms with Gasteiger partial charge in [0.1, 0.15) is 0 Å². The molecule has 130 valence electrons. The lowest BCUT2D eigenvalue weighted by molar-refractivity contribution is 0.0934. The van der Waals surface area contributed by atoms with Crippen molar-refractivity contribution in [2.45, 2.75) is 33.4 Å².